The van der Waals surface area contributed by atoms with E-state index in [0.29, 0.717) is 42.1 Å². The molecule has 0 aromatic heterocycles. The maximum atomic E-state index is 12.9. The summed E-state index contributed by atoms with van der Waals surface area (Å²) in [5.41, 5.74) is 4.10. The standard InChI is InChI=1S/C30H28N2O3/c33-29(20-15-23-9-3-1-4-10-23)31-25-16-18-26(19-17-25)32-30(34)27-13-7-8-14-28(27)35-22-21-24-11-5-2-6-12-24/h1-14,16-19H,15,20-22H2,(H,31,33)(H,32,34). The average Bonchev–Trinajstić information content (AvgIpc) is 2.90. The predicted molar refractivity (Wildman–Crippen MR) is 140 cm³/mol. The molecule has 5 nitrogen and oxygen atoms in total. The van der Waals surface area contributed by atoms with Crippen LogP contribution < -0.4 is 15.4 Å². The van der Waals surface area contributed by atoms with E-state index in [1.54, 1.807) is 36.4 Å². The quantitative estimate of drug-likeness (QED) is 0.297. The molecule has 35 heavy (non-hydrogen) atoms. The third-order valence-corrected chi connectivity index (χ3v) is 5.53. The van der Waals surface area contributed by atoms with E-state index in [9.17, 15) is 9.59 Å². The maximum Gasteiger partial charge on any atom is 0.259 e. The molecule has 4 rings (SSSR count). The normalized spacial score (nSPS) is 10.4. The van der Waals surface area contributed by atoms with Crippen LogP contribution in [0, 0.1) is 0 Å². The Morgan fingerprint density at radius 1 is 0.600 bits per heavy atom. The van der Waals surface area contributed by atoms with Crippen LogP contribution in [0.2, 0.25) is 0 Å². The van der Waals surface area contributed by atoms with Crippen LogP contribution in [0.3, 0.4) is 0 Å². The molecule has 0 radical (unpaired) electrons. The van der Waals surface area contributed by atoms with Gasteiger partial charge >= 0.3 is 0 Å². The van der Waals surface area contributed by atoms with Crippen molar-refractivity contribution >= 4 is 23.2 Å². The topological polar surface area (TPSA) is 67.4 Å². The Bertz CT molecular complexity index is 1240. The largest absolute Gasteiger partial charge is 0.492 e. The Hall–Kier alpha value is -4.38. The molecule has 0 aliphatic carbocycles. The number of carbonyl (C=O) groups excluding carboxylic acids is 2. The number of amides is 2. The van der Waals surface area contributed by atoms with E-state index in [2.05, 4.69) is 22.8 Å². The molecule has 2 amide bonds. The van der Waals surface area contributed by atoms with Crippen LogP contribution in [-0.4, -0.2) is 18.4 Å². The van der Waals surface area contributed by atoms with Crippen molar-refractivity contribution < 1.29 is 14.3 Å². The lowest BCUT2D eigenvalue weighted by Crippen LogP contribution is -2.15. The molecule has 5 heteroatoms. The van der Waals surface area contributed by atoms with E-state index in [4.69, 9.17) is 4.74 Å². The van der Waals surface area contributed by atoms with Crippen molar-refractivity contribution in [2.75, 3.05) is 17.2 Å². The molecule has 4 aromatic carbocycles. The molecule has 0 saturated heterocycles. The minimum Gasteiger partial charge on any atom is -0.492 e. The van der Waals surface area contributed by atoms with Crippen molar-refractivity contribution in [1.82, 2.24) is 0 Å². The first-order chi connectivity index (χ1) is 17.2. The SMILES string of the molecule is O=C(CCc1ccccc1)Nc1ccc(NC(=O)c2ccccc2OCCc2ccccc2)cc1. The molecular weight excluding hydrogens is 436 g/mol. The average molecular weight is 465 g/mol. The van der Waals surface area contributed by atoms with Crippen LogP contribution in [0.25, 0.3) is 0 Å². The molecule has 0 fully saturated rings. The second kappa shape index (κ2) is 12.2. The second-order valence-electron chi connectivity index (χ2n) is 8.15. The van der Waals surface area contributed by atoms with Gasteiger partial charge in [-0.2, -0.15) is 0 Å². The monoisotopic (exact) mass is 464 g/mol. The number of aryl methyl sites for hydroxylation is 1. The van der Waals surface area contributed by atoms with Gasteiger partial charge in [-0.1, -0.05) is 72.8 Å². The molecule has 0 heterocycles. The summed E-state index contributed by atoms with van der Waals surface area (Å²) in [7, 11) is 0. The van der Waals surface area contributed by atoms with Crippen molar-refractivity contribution in [3.63, 3.8) is 0 Å². The third kappa shape index (κ3) is 7.30. The number of anilines is 2. The number of para-hydroxylation sites is 1. The highest BCUT2D eigenvalue weighted by molar-refractivity contribution is 6.06. The summed E-state index contributed by atoms with van der Waals surface area (Å²) in [6.45, 7) is 0.479. The number of ether oxygens (including phenoxy) is 1. The van der Waals surface area contributed by atoms with Gasteiger partial charge in [0.2, 0.25) is 5.91 Å². The van der Waals surface area contributed by atoms with Gasteiger partial charge in [0.05, 0.1) is 12.2 Å². The number of hydrogen-bond acceptors (Lipinski definition) is 3. The fourth-order valence-electron chi connectivity index (χ4n) is 3.66. The van der Waals surface area contributed by atoms with Gasteiger partial charge in [0.25, 0.3) is 5.91 Å². The highest BCUT2D eigenvalue weighted by Crippen LogP contribution is 2.21. The van der Waals surface area contributed by atoms with Crippen molar-refractivity contribution in [3.8, 4) is 5.75 Å². The molecule has 0 atom stereocenters. The highest BCUT2D eigenvalue weighted by Gasteiger charge is 2.13. The van der Waals surface area contributed by atoms with Gasteiger partial charge in [0.15, 0.2) is 0 Å². The molecular formula is C30H28N2O3. The van der Waals surface area contributed by atoms with E-state index < -0.39 is 0 Å². The van der Waals surface area contributed by atoms with E-state index in [1.807, 2.05) is 60.7 Å². The van der Waals surface area contributed by atoms with Gasteiger partial charge in [0, 0.05) is 24.2 Å². The second-order valence-corrected chi connectivity index (χ2v) is 8.15. The van der Waals surface area contributed by atoms with Crippen LogP contribution in [0.1, 0.15) is 27.9 Å². The number of carbonyl (C=O) groups is 2. The zero-order valence-electron chi connectivity index (χ0n) is 19.4. The first-order valence-corrected chi connectivity index (χ1v) is 11.7. The summed E-state index contributed by atoms with van der Waals surface area (Å²) in [4.78, 5) is 25.1. The molecule has 0 unspecified atom stereocenters. The van der Waals surface area contributed by atoms with Crippen molar-refractivity contribution in [1.29, 1.82) is 0 Å². The van der Waals surface area contributed by atoms with Crippen LogP contribution in [-0.2, 0) is 17.6 Å². The highest BCUT2D eigenvalue weighted by atomic mass is 16.5. The summed E-state index contributed by atoms with van der Waals surface area (Å²) in [6, 6.07) is 34.3. The van der Waals surface area contributed by atoms with Crippen LogP contribution in [0.15, 0.2) is 109 Å². The summed E-state index contributed by atoms with van der Waals surface area (Å²) in [5.74, 6) is 0.246. The number of hydrogen-bond donors (Lipinski definition) is 2. The number of benzene rings is 4. The molecule has 176 valence electrons. The lowest BCUT2D eigenvalue weighted by atomic mass is 10.1. The fraction of sp³-hybridized carbons (Fsp3) is 0.133. The molecule has 0 saturated carbocycles. The zero-order valence-corrected chi connectivity index (χ0v) is 19.4. The Balaban J connectivity index is 1.29. The zero-order chi connectivity index (χ0) is 24.3. The van der Waals surface area contributed by atoms with Gasteiger partial charge < -0.3 is 15.4 Å². The van der Waals surface area contributed by atoms with E-state index >= 15 is 0 Å². The molecule has 2 N–H and O–H groups in total. The van der Waals surface area contributed by atoms with E-state index in [1.165, 1.54) is 5.56 Å². The molecule has 0 aliphatic rings. The van der Waals surface area contributed by atoms with Gasteiger partial charge in [-0.3, -0.25) is 9.59 Å². The number of rotatable bonds is 10. The molecule has 0 spiro atoms. The number of nitrogens with one attached hydrogen (secondary N) is 2. The smallest absolute Gasteiger partial charge is 0.259 e. The lowest BCUT2D eigenvalue weighted by molar-refractivity contribution is -0.116. The Kier molecular flexibility index (Phi) is 8.28. The minimum atomic E-state index is -0.250. The molecule has 0 bridgehead atoms. The predicted octanol–water partition coefficient (Wildman–Crippen LogP) is 6.13. The van der Waals surface area contributed by atoms with Crippen LogP contribution >= 0.6 is 0 Å². The van der Waals surface area contributed by atoms with Crippen molar-refractivity contribution in [3.05, 3.63) is 126 Å². The fourth-order valence-corrected chi connectivity index (χ4v) is 3.66. The van der Waals surface area contributed by atoms with Crippen molar-refractivity contribution in [2.24, 2.45) is 0 Å². The summed E-state index contributed by atoms with van der Waals surface area (Å²) >= 11 is 0. The van der Waals surface area contributed by atoms with Crippen LogP contribution in [0.5, 0.6) is 5.75 Å². The summed E-state index contributed by atoms with van der Waals surface area (Å²) < 4.78 is 5.91. The molecule has 0 aliphatic heterocycles. The first kappa shape index (κ1) is 23.8. The summed E-state index contributed by atoms with van der Waals surface area (Å²) in [5, 5.41) is 5.80. The van der Waals surface area contributed by atoms with Crippen LogP contribution in [0.4, 0.5) is 11.4 Å². The summed E-state index contributed by atoms with van der Waals surface area (Å²) in [6.07, 6.45) is 1.85. The van der Waals surface area contributed by atoms with Gasteiger partial charge in [-0.05, 0) is 53.9 Å². The minimum absolute atomic E-state index is 0.0489. The van der Waals surface area contributed by atoms with E-state index in [-0.39, 0.29) is 11.8 Å². The van der Waals surface area contributed by atoms with Crippen molar-refractivity contribution in [2.45, 2.75) is 19.3 Å². The Morgan fingerprint density at radius 2 is 1.14 bits per heavy atom. The molecule has 4 aromatic rings. The Morgan fingerprint density at radius 3 is 1.80 bits per heavy atom. The van der Waals surface area contributed by atoms with Gasteiger partial charge in [-0.15, -0.1) is 0 Å². The Labute approximate surface area is 205 Å². The van der Waals surface area contributed by atoms with Gasteiger partial charge in [0.1, 0.15) is 5.75 Å². The third-order valence-electron chi connectivity index (χ3n) is 5.53. The maximum absolute atomic E-state index is 12.9. The lowest BCUT2D eigenvalue weighted by Gasteiger charge is -2.12. The van der Waals surface area contributed by atoms with E-state index in [0.717, 1.165) is 12.0 Å². The van der Waals surface area contributed by atoms with Gasteiger partial charge in [-0.25, -0.2) is 0 Å². The first-order valence-electron chi connectivity index (χ1n) is 11.7.